The molecule has 0 aromatic heterocycles. The molecule has 3 heteroatoms. The summed E-state index contributed by atoms with van der Waals surface area (Å²) in [5, 5.41) is 0. The minimum atomic E-state index is 0.457. The van der Waals surface area contributed by atoms with Gasteiger partial charge in [-0.2, -0.15) is 0 Å². The SMILES string of the molecule is COc1cccc(C(C)N2CCC(CN)CC2)c1. The largest absolute Gasteiger partial charge is 0.497 e. The van der Waals surface area contributed by atoms with Crippen molar-refractivity contribution in [1.29, 1.82) is 0 Å². The van der Waals surface area contributed by atoms with Crippen LogP contribution in [0.15, 0.2) is 24.3 Å². The molecule has 3 nitrogen and oxygen atoms in total. The van der Waals surface area contributed by atoms with Crippen LogP contribution in [-0.4, -0.2) is 31.6 Å². The van der Waals surface area contributed by atoms with E-state index < -0.39 is 0 Å². The highest BCUT2D eigenvalue weighted by Crippen LogP contribution is 2.27. The summed E-state index contributed by atoms with van der Waals surface area (Å²) < 4.78 is 5.29. The van der Waals surface area contributed by atoms with Gasteiger partial charge in [0, 0.05) is 6.04 Å². The maximum absolute atomic E-state index is 5.74. The molecule has 0 saturated carbocycles. The Balaban J connectivity index is 2.00. The standard InChI is InChI=1S/C15H24N2O/c1-12(14-4-3-5-15(10-14)18-2)17-8-6-13(11-16)7-9-17/h3-5,10,12-13H,6-9,11,16H2,1-2H3. The predicted octanol–water partition coefficient (Wildman–Crippen LogP) is 2.43. The Morgan fingerprint density at radius 3 is 2.72 bits per heavy atom. The third-order valence-corrected chi connectivity index (χ3v) is 4.11. The molecule has 0 amide bonds. The van der Waals surface area contributed by atoms with Gasteiger partial charge < -0.3 is 10.5 Å². The van der Waals surface area contributed by atoms with E-state index in [9.17, 15) is 0 Å². The van der Waals surface area contributed by atoms with Gasteiger partial charge >= 0.3 is 0 Å². The zero-order valence-electron chi connectivity index (χ0n) is 11.4. The fraction of sp³-hybridized carbons (Fsp3) is 0.600. The third-order valence-electron chi connectivity index (χ3n) is 4.11. The number of ether oxygens (including phenoxy) is 1. The van der Waals surface area contributed by atoms with Crippen molar-refractivity contribution in [2.75, 3.05) is 26.7 Å². The minimum Gasteiger partial charge on any atom is -0.497 e. The highest BCUT2D eigenvalue weighted by atomic mass is 16.5. The lowest BCUT2D eigenvalue weighted by atomic mass is 9.95. The average Bonchev–Trinajstić information content (AvgIpc) is 2.46. The van der Waals surface area contributed by atoms with Crippen LogP contribution in [0.1, 0.15) is 31.4 Å². The van der Waals surface area contributed by atoms with E-state index in [1.807, 2.05) is 6.07 Å². The molecule has 0 aliphatic carbocycles. The molecule has 2 rings (SSSR count). The van der Waals surface area contributed by atoms with Gasteiger partial charge in [-0.3, -0.25) is 4.90 Å². The van der Waals surface area contributed by atoms with Crippen molar-refractivity contribution < 1.29 is 4.74 Å². The van der Waals surface area contributed by atoms with E-state index in [1.54, 1.807) is 7.11 Å². The second kappa shape index (κ2) is 6.21. The first kappa shape index (κ1) is 13.4. The molecule has 0 bridgehead atoms. The van der Waals surface area contributed by atoms with Crippen LogP contribution in [0.3, 0.4) is 0 Å². The Hall–Kier alpha value is -1.06. The Morgan fingerprint density at radius 1 is 1.39 bits per heavy atom. The average molecular weight is 248 g/mol. The van der Waals surface area contributed by atoms with Crippen LogP contribution in [-0.2, 0) is 0 Å². The molecular weight excluding hydrogens is 224 g/mol. The van der Waals surface area contributed by atoms with E-state index in [1.165, 1.54) is 18.4 Å². The van der Waals surface area contributed by atoms with Gasteiger partial charge in [0.2, 0.25) is 0 Å². The lowest BCUT2D eigenvalue weighted by molar-refractivity contribution is 0.143. The topological polar surface area (TPSA) is 38.5 Å². The molecule has 1 fully saturated rings. The number of hydrogen-bond acceptors (Lipinski definition) is 3. The van der Waals surface area contributed by atoms with E-state index in [4.69, 9.17) is 10.5 Å². The van der Waals surface area contributed by atoms with Crippen LogP contribution >= 0.6 is 0 Å². The van der Waals surface area contributed by atoms with Gasteiger partial charge in [0.25, 0.3) is 0 Å². The number of methoxy groups -OCH3 is 1. The van der Waals surface area contributed by atoms with Crippen molar-refractivity contribution >= 4 is 0 Å². The van der Waals surface area contributed by atoms with Gasteiger partial charge in [0.15, 0.2) is 0 Å². The van der Waals surface area contributed by atoms with E-state index in [2.05, 4.69) is 30.0 Å². The number of hydrogen-bond donors (Lipinski definition) is 1. The van der Waals surface area contributed by atoms with Gasteiger partial charge in [-0.1, -0.05) is 12.1 Å². The quantitative estimate of drug-likeness (QED) is 0.889. The molecule has 100 valence electrons. The van der Waals surface area contributed by atoms with Gasteiger partial charge in [-0.05, 0) is 63.0 Å². The van der Waals surface area contributed by atoms with Gasteiger partial charge in [-0.15, -0.1) is 0 Å². The number of benzene rings is 1. The molecule has 1 heterocycles. The molecule has 18 heavy (non-hydrogen) atoms. The molecule has 1 saturated heterocycles. The van der Waals surface area contributed by atoms with E-state index in [0.29, 0.717) is 6.04 Å². The fourth-order valence-corrected chi connectivity index (χ4v) is 2.69. The summed E-state index contributed by atoms with van der Waals surface area (Å²) in [7, 11) is 1.72. The number of likely N-dealkylation sites (tertiary alicyclic amines) is 1. The van der Waals surface area contributed by atoms with Gasteiger partial charge in [-0.25, -0.2) is 0 Å². The summed E-state index contributed by atoms with van der Waals surface area (Å²) >= 11 is 0. The monoisotopic (exact) mass is 248 g/mol. The van der Waals surface area contributed by atoms with Crippen LogP contribution < -0.4 is 10.5 Å². The summed E-state index contributed by atoms with van der Waals surface area (Å²) in [5.41, 5.74) is 7.07. The first-order chi connectivity index (χ1) is 8.74. The number of nitrogens with zero attached hydrogens (tertiary/aromatic N) is 1. The van der Waals surface area contributed by atoms with Crippen LogP contribution in [0.4, 0.5) is 0 Å². The van der Waals surface area contributed by atoms with Gasteiger partial charge in [0.1, 0.15) is 5.75 Å². The van der Waals surface area contributed by atoms with Crippen molar-refractivity contribution in [3.05, 3.63) is 29.8 Å². The number of nitrogens with two attached hydrogens (primary N) is 1. The van der Waals surface area contributed by atoms with Crippen molar-refractivity contribution in [3.63, 3.8) is 0 Å². The summed E-state index contributed by atoms with van der Waals surface area (Å²) in [5.74, 6) is 1.66. The predicted molar refractivity (Wildman–Crippen MR) is 74.8 cm³/mol. The number of piperidine rings is 1. The highest BCUT2D eigenvalue weighted by Gasteiger charge is 2.22. The summed E-state index contributed by atoms with van der Waals surface area (Å²) in [6.07, 6.45) is 2.45. The second-order valence-corrected chi connectivity index (χ2v) is 5.17. The summed E-state index contributed by atoms with van der Waals surface area (Å²) in [4.78, 5) is 2.54. The second-order valence-electron chi connectivity index (χ2n) is 5.17. The molecule has 0 spiro atoms. The third kappa shape index (κ3) is 3.03. The fourth-order valence-electron chi connectivity index (χ4n) is 2.69. The molecule has 0 radical (unpaired) electrons. The minimum absolute atomic E-state index is 0.457. The molecule has 1 aliphatic rings. The van der Waals surface area contributed by atoms with Crippen LogP contribution in [0.25, 0.3) is 0 Å². The van der Waals surface area contributed by atoms with Crippen LogP contribution in [0.5, 0.6) is 5.75 Å². The van der Waals surface area contributed by atoms with Crippen molar-refractivity contribution in [3.8, 4) is 5.75 Å². The zero-order valence-corrected chi connectivity index (χ0v) is 11.4. The van der Waals surface area contributed by atoms with E-state index in [0.717, 1.165) is 31.3 Å². The Bertz CT molecular complexity index is 373. The number of rotatable bonds is 4. The first-order valence-corrected chi connectivity index (χ1v) is 6.82. The maximum Gasteiger partial charge on any atom is 0.119 e. The first-order valence-electron chi connectivity index (χ1n) is 6.82. The van der Waals surface area contributed by atoms with E-state index >= 15 is 0 Å². The molecule has 1 aromatic carbocycles. The highest BCUT2D eigenvalue weighted by molar-refractivity contribution is 5.30. The van der Waals surface area contributed by atoms with E-state index in [-0.39, 0.29) is 0 Å². The zero-order chi connectivity index (χ0) is 13.0. The normalized spacial score (nSPS) is 19.7. The smallest absolute Gasteiger partial charge is 0.119 e. The Morgan fingerprint density at radius 2 is 2.11 bits per heavy atom. The van der Waals surface area contributed by atoms with Crippen molar-refractivity contribution in [2.24, 2.45) is 11.7 Å². The summed E-state index contributed by atoms with van der Waals surface area (Å²) in [6, 6.07) is 8.84. The maximum atomic E-state index is 5.74. The lowest BCUT2D eigenvalue weighted by Gasteiger charge is -2.36. The van der Waals surface area contributed by atoms with Crippen molar-refractivity contribution in [1.82, 2.24) is 4.90 Å². The Labute approximate surface area is 110 Å². The van der Waals surface area contributed by atoms with Crippen molar-refractivity contribution in [2.45, 2.75) is 25.8 Å². The summed E-state index contributed by atoms with van der Waals surface area (Å²) in [6.45, 7) is 5.42. The molecule has 1 atom stereocenters. The Kier molecular flexibility index (Phi) is 4.61. The molecule has 1 aliphatic heterocycles. The van der Waals surface area contributed by atoms with Gasteiger partial charge in [0.05, 0.1) is 7.11 Å². The molecule has 1 unspecified atom stereocenters. The van der Waals surface area contributed by atoms with Crippen LogP contribution in [0.2, 0.25) is 0 Å². The van der Waals surface area contributed by atoms with Crippen LogP contribution in [0, 0.1) is 5.92 Å². The molecule has 1 aromatic rings. The molecular formula is C15H24N2O. The molecule has 2 N–H and O–H groups in total. The lowest BCUT2D eigenvalue weighted by Crippen LogP contribution is -2.37.